The van der Waals surface area contributed by atoms with Crippen molar-refractivity contribution in [3.05, 3.63) is 59.7 Å². The molecule has 3 rings (SSSR count). The fourth-order valence-corrected chi connectivity index (χ4v) is 2.70. The number of imidazole rings is 1. The highest BCUT2D eigenvalue weighted by atomic mass is 35.5. The summed E-state index contributed by atoms with van der Waals surface area (Å²) in [6, 6.07) is 10.7. The van der Waals surface area contributed by atoms with E-state index in [1.165, 1.54) is 11.1 Å². The van der Waals surface area contributed by atoms with Crippen molar-refractivity contribution in [2.24, 2.45) is 0 Å². The van der Waals surface area contributed by atoms with Gasteiger partial charge in [-0.2, -0.15) is 0 Å². The van der Waals surface area contributed by atoms with Gasteiger partial charge in [-0.3, -0.25) is 4.98 Å². The summed E-state index contributed by atoms with van der Waals surface area (Å²) in [4.78, 5) is 8.66. The van der Waals surface area contributed by atoms with Gasteiger partial charge in [0.15, 0.2) is 0 Å². The molecule has 0 bridgehead atoms. The van der Waals surface area contributed by atoms with E-state index < -0.39 is 0 Å². The van der Waals surface area contributed by atoms with Crippen molar-refractivity contribution in [1.82, 2.24) is 14.5 Å². The molecule has 0 amide bonds. The van der Waals surface area contributed by atoms with Gasteiger partial charge < -0.3 is 4.57 Å². The smallest absolute Gasteiger partial charge is 0.125 e. The zero-order valence-electron chi connectivity index (χ0n) is 12.3. The van der Waals surface area contributed by atoms with Crippen LogP contribution in [0.4, 0.5) is 0 Å². The fourth-order valence-electron chi connectivity index (χ4n) is 2.50. The van der Waals surface area contributed by atoms with Gasteiger partial charge in [0, 0.05) is 12.7 Å². The van der Waals surface area contributed by atoms with Crippen LogP contribution in [0.5, 0.6) is 0 Å². The number of nitrogens with zero attached hydrogens (tertiary/aromatic N) is 3. The molecule has 0 saturated carbocycles. The molecule has 4 heteroatoms. The maximum Gasteiger partial charge on any atom is 0.125 e. The molecule has 0 atom stereocenters. The molecule has 2 aromatic heterocycles. The van der Waals surface area contributed by atoms with E-state index in [-0.39, 0.29) is 0 Å². The Morgan fingerprint density at radius 2 is 1.90 bits per heavy atom. The summed E-state index contributed by atoms with van der Waals surface area (Å²) in [5.74, 6) is 1.84. The van der Waals surface area contributed by atoms with Gasteiger partial charge in [0.2, 0.25) is 0 Å². The van der Waals surface area contributed by atoms with Crippen LogP contribution in [0, 0.1) is 0 Å². The molecule has 0 N–H and O–H groups in total. The first kappa shape index (κ1) is 14.1. The van der Waals surface area contributed by atoms with Crippen LogP contribution in [0.1, 0.15) is 36.7 Å². The minimum Gasteiger partial charge on any atom is -0.322 e. The van der Waals surface area contributed by atoms with E-state index in [0.29, 0.717) is 11.8 Å². The van der Waals surface area contributed by atoms with Gasteiger partial charge in [-0.15, -0.1) is 11.6 Å². The molecule has 108 valence electrons. The van der Waals surface area contributed by atoms with Gasteiger partial charge in [-0.25, -0.2) is 4.98 Å². The van der Waals surface area contributed by atoms with Crippen LogP contribution in [-0.2, 0) is 12.4 Å². The van der Waals surface area contributed by atoms with Crippen LogP contribution in [0.3, 0.4) is 0 Å². The van der Waals surface area contributed by atoms with E-state index in [1.54, 1.807) is 12.4 Å². The van der Waals surface area contributed by atoms with Gasteiger partial charge in [0.05, 0.1) is 17.6 Å². The molecule has 0 spiro atoms. The van der Waals surface area contributed by atoms with E-state index in [1.807, 2.05) is 6.07 Å². The number of alkyl halides is 1. The van der Waals surface area contributed by atoms with Crippen LogP contribution in [0.15, 0.2) is 42.7 Å². The van der Waals surface area contributed by atoms with Crippen LogP contribution in [0.2, 0.25) is 0 Å². The molecule has 0 radical (unpaired) electrons. The van der Waals surface area contributed by atoms with Crippen LogP contribution < -0.4 is 0 Å². The highest BCUT2D eigenvalue weighted by Gasteiger charge is 2.10. The third kappa shape index (κ3) is 2.79. The summed E-state index contributed by atoms with van der Waals surface area (Å²) in [6.07, 6.45) is 3.57. The van der Waals surface area contributed by atoms with Crippen molar-refractivity contribution in [2.75, 3.05) is 0 Å². The second kappa shape index (κ2) is 5.86. The molecule has 3 nitrogen and oxygen atoms in total. The Kier molecular flexibility index (Phi) is 3.93. The quantitative estimate of drug-likeness (QED) is 0.671. The predicted molar refractivity (Wildman–Crippen MR) is 86.7 cm³/mol. The van der Waals surface area contributed by atoms with E-state index >= 15 is 0 Å². The minimum absolute atomic E-state index is 0.402. The van der Waals surface area contributed by atoms with Gasteiger partial charge in [-0.05, 0) is 23.1 Å². The largest absolute Gasteiger partial charge is 0.322 e. The Labute approximate surface area is 129 Å². The predicted octanol–water partition coefficient (Wildman–Crippen LogP) is 4.34. The zero-order chi connectivity index (χ0) is 14.8. The molecule has 21 heavy (non-hydrogen) atoms. The lowest BCUT2D eigenvalue weighted by atomic mass is 10.0. The highest BCUT2D eigenvalue weighted by molar-refractivity contribution is 6.16. The third-order valence-electron chi connectivity index (χ3n) is 3.74. The molecular weight excluding hydrogens is 282 g/mol. The lowest BCUT2D eigenvalue weighted by molar-refractivity contribution is 0.776. The monoisotopic (exact) mass is 299 g/mol. The zero-order valence-corrected chi connectivity index (χ0v) is 13.0. The van der Waals surface area contributed by atoms with Crippen molar-refractivity contribution in [1.29, 1.82) is 0 Å². The van der Waals surface area contributed by atoms with Crippen molar-refractivity contribution < 1.29 is 0 Å². The lowest BCUT2D eigenvalue weighted by Gasteiger charge is -2.10. The van der Waals surface area contributed by atoms with Gasteiger partial charge >= 0.3 is 0 Å². The van der Waals surface area contributed by atoms with Crippen molar-refractivity contribution in [2.45, 2.75) is 32.2 Å². The molecule has 1 aromatic carbocycles. The van der Waals surface area contributed by atoms with Crippen LogP contribution in [-0.4, -0.2) is 14.5 Å². The number of rotatable bonds is 4. The van der Waals surface area contributed by atoms with E-state index in [9.17, 15) is 0 Å². The number of aromatic nitrogens is 3. The minimum atomic E-state index is 0.402. The summed E-state index contributed by atoms with van der Waals surface area (Å²) >= 11 is 6.03. The van der Waals surface area contributed by atoms with Gasteiger partial charge in [0.25, 0.3) is 0 Å². The Morgan fingerprint density at radius 3 is 2.57 bits per heavy atom. The summed E-state index contributed by atoms with van der Waals surface area (Å²) in [5, 5.41) is 0. The van der Waals surface area contributed by atoms with Crippen molar-refractivity contribution in [3.8, 4) is 0 Å². The summed E-state index contributed by atoms with van der Waals surface area (Å²) in [5.41, 5.74) is 4.58. The molecule has 0 unspecified atom stereocenters. The van der Waals surface area contributed by atoms with Crippen LogP contribution >= 0.6 is 11.6 Å². The van der Waals surface area contributed by atoms with Gasteiger partial charge in [-0.1, -0.05) is 38.1 Å². The maximum atomic E-state index is 6.03. The first-order valence-electron chi connectivity index (χ1n) is 7.13. The number of benzene rings is 1. The first-order valence-corrected chi connectivity index (χ1v) is 7.66. The molecule has 3 aromatic rings. The number of hydrogen-bond donors (Lipinski definition) is 0. The number of halogens is 1. The van der Waals surface area contributed by atoms with E-state index in [0.717, 1.165) is 23.4 Å². The fraction of sp³-hybridized carbons (Fsp3) is 0.294. The van der Waals surface area contributed by atoms with E-state index in [2.05, 4.69) is 52.6 Å². The standard InChI is InChI=1S/C17H18ClN3/c1-12(2)14-5-3-13(4-6-14)11-21-16-7-8-19-10-15(16)20-17(21)9-18/h3-8,10,12H,9,11H2,1-2H3. The Hall–Kier alpha value is -1.87. The summed E-state index contributed by atoms with van der Waals surface area (Å²) in [7, 11) is 0. The molecule has 0 aliphatic heterocycles. The lowest BCUT2D eigenvalue weighted by Crippen LogP contribution is -2.04. The van der Waals surface area contributed by atoms with Crippen LogP contribution in [0.25, 0.3) is 11.0 Å². The normalized spacial score (nSPS) is 11.4. The molecule has 0 saturated heterocycles. The topological polar surface area (TPSA) is 30.7 Å². The molecular formula is C17H18ClN3. The molecule has 0 aliphatic rings. The third-order valence-corrected chi connectivity index (χ3v) is 3.98. The first-order chi connectivity index (χ1) is 10.2. The average Bonchev–Trinajstić information content (AvgIpc) is 2.86. The second-order valence-corrected chi connectivity index (χ2v) is 5.78. The highest BCUT2D eigenvalue weighted by Crippen LogP contribution is 2.20. The Balaban J connectivity index is 1.97. The van der Waals surface area contributed by atoms with Crippen molar-refractivity contribution in [3.63, 3.8) is 0 Å². The molecule has 0 aliphatic carbocycles. The average molecular weight is 300 g/mol. The Morgan fingerprint density at radius 1 is 1.14 bits per heavy atom. The van der Waals surface area contributed by atoms with E-state index in [4.69, 9.17) is 11.6 Å². The number of fused-ring (bicyclic) bond motifs is 1. The number of pyridine rings is 1. The SMILES string of the molecule is CC(C)c1ccc(Cn2c(CCl)nc3cnccc32)cc1. The molecule has 0 fully saturated rings. The maximum absolute atomic E-state index is 6.03. The summed E-state index contributed by atoms with van der Waals surface area (Å²) in [6.45, 7) is 5.19. The second-order valence-electron chi connectivity index (χ2n) is 5.51. The van der Waals surface area contributed by atoms with Gasteiger partial charge in [0.1, 0.15) is 11.3 Å². The molecule has 2 heterocycles. The summed E-state index contributed by atoms with van der Waals surface area (Å²) < 4.78 is 2.16. The Bertz CT molecular complexity index is 744. The van der Waals surface area contributed by atoms with Crippen molar-refractivity contribution >= 4 is 22.6 Å². The number of hydrogen-bond acceptors (Lipinski definition) is 2.